The van der Waals surface area contributed by atoms with Crippen molar-refractivity contribution in [3.8, 4) is 0 Å². The molecule has 0 radical (unpaired) electrons. The molecule has 0 bridgehead atoms. The summed E-state index contributed by atoms with van der Waals surface area (Å²) in [5.41, 5.74) is 1.09. The summed E-state index contributed by atoms with van der Waals surface area (Å²) in [6, 6.07) is 6.44. The number of carboxylic acid groups (broad SMARTS) is 1. The van der Waals surface area contributed by atoms with Crippen LogP contribution in [-0.4, -0.2) is 22.5 Å². The van der Waals surface area contributed by atoms with Crippen LogP contribution in [0.3, 0.4) is 0 Å². The summed E-state index contributed by atoms with van der Waals surface area (Å²) >= 11 is 0. The third-order valence-corrected chi connectivity index (χ3v) is 2.72. The maximum atomic E-state index is 10.5. The summed E-state index contributed by atoms with van der Waals surface area (Å²) in [5, 5.41) is 22.2. The van der Waals surface area contributed by atoms with E-state index in [-0.39, 0.29) is 12.1 Å². The highest BCUT2D eigenvalue weighted by Crippen LogP contribution is 2.11. The molecule has 0 spiro atoms. The monoisotopic (exact) mass is 266 g/mol. The Kier molecular flexibility index (Phi) is 6.52. The normalized spacial score (nSPS) is 10.3. The first-order valence-electron chi connectivity index (χ1n) is 6.25. The standard InChI is InChI=1S/C13H18N2O4/c16-13(17)4-2-1-3-9-14-10-11-5-7-12(8-6-11)15(18)19/h5-8,14H,1-4,9-10H2,(H,16,17). The van der Waals surface area contributed by atoms with Gasteiger partial charge in [0.25, 0.3) is 5.69 Å². The van der Waals surface area contributed by atoms with Crippen LogP contribution in [0.1, 0.15) is 31.2 Å². The van der Waals surface area contributed by atoms with E-state index < -0.39 is 10.9 Å². The number of nitrogens with one attached hydrogen (secondary N) is 1. The molecule has 0 aliphatic rings. The molecule has 0 aromatic heterocycles. The van der Waals surface area contributed by atoms with Crippen molar-refractivity contribution in [1.29, 1.82) is 0 Å². The number of carbonyl (C=O) groups is 1. The Morgan fingerprint density at radius 1 is 1.21 bits per heavy atom. The van der Waals surface area contributed by atoms with Gasteiger partial charge in [-0.05, 0) is 24.9 Å². The first-order valence-corrected chi connectivity index (χ1v) is 6.25. The van der Waals surface area contributed by atoms with Crippen LogP contribution < -0.4 is 5.32 Å². The molecule has 2 N–H and O–H groups in total. The fourth-order valence-electron chi connectivity index (χ4n) is 1.67. The smallest absolute Gasteiger partial charge is 0.303 e. The Morgan fingerprint density at radius 2 is 1.89 bits per heavy atom. The molecule has 0 saturated heterocycles. The van der Waals surface area contributed by atoms with Gasteiger partial charge in [-0.3, -0.25) is 14.9 Å². The van der Waals surface area contributed by atoms with Gasteiger partial charge in [-0.1, -0.05) is 18.6 Å². The van der Waals surface area contributed by atoms with E-state index in [1.807, 2.05) is 0 Å². The number of hydrogen-bond acceptors (Lipinski definition) is 4. The van der Waals surface area contributed by atoms with E-state index in [1.165, 1.54) is 12.1 Å². The topological polar surface area (TPSA) is 92.5 Å². The molecule has 104 valence electrons. The molecule has 19 heavy (non-hydrogen) atoms. The van der Waals surface area contributed by atoms with Crippen molar-refractivity contribution in [3.63, 3.8) is 0 Å². The highest BCUT2D eigenvalue weighted by atomic mass is 16.6. The van der Waals surface area contributed by atoms with E-state index in [2.05, 4.69) is 5.32 Å². The Balaban J connectivity index is 2.12. The minimum Gasteiger partial charge on any atom is -0.481 e. The number of nitrogens with zero attached hydrogens (tertiary/aromatic N) is 1. The Bertz CT molecular complexity index is 417. The molecule has 1 aromatic carbocycles. The van der Waals surface area contributed by atoms with Crippen LogP contribution >= 0.6 is 0 Å². The highest BCUT2D eigenvalue weighted by molar-refractivity contribution is 5.66. The second-order valence-electron chi connectivity index (χ2n) is 4.30. The van der Waals surface area contributed by atoms with E-state index in [1.54, 1.807) is 12.1 Å². The molecule has 0 amide bonds. The average molecular weight is 266 g/mol. The molecule has 1 aromatic rings. The number of nitro benzene ring substituents is 1. The van der Waals surface area contributed by atoms with Crippen molar-refractivity contribution in [1.82, 2.24) is 5.32 Å². The van der Waals surface area contributed by atoms with Gasteiger partial charge < -0.3 is 10.4 Å². The van der Waals surface area contributed by atoms with Crippen LogP contribution in [0, 0.1) is 10.1 Å². The zero-order valence-electron chi connectivity index (χ0n) is 10.7. The molecule has 6 nitrogen and oxygen atoms in total. The summed E-state index contributed by atoms with van der Waals surface area (Å²) in [7, 11) is 0. The van der Waals surface area contributed by atoms with E-state index in [0.29, 0.717) is 13.0 Å². The number of carboxylic acids is 1. The van der Waals surface area contributed by atoms with Crippen molar-refractivity contribution < 1.29 is 14.8 Å². The largest absolute Gasteiger partial charge is 0.481 e. The summed E-state index contributed by atoms with van der Waals surface area (Å²) in [6.45, 7) is 1.48. The van der Waals surface area contributed by atoms with Crippen LogP contribution in [-0.2, 0) is 11.3 Å². The van der Waals surface area contributed by atoms with Crippen molar-refractivity contribution in [3.05, 3.63) is 39.9 Å². The van der Waals surface area contributed by atoms with Gasteiger partial charge in [-0.25, -0.2) is 0 Å². The molecule has 0 aliphatic heterocycles. The van der Waals surface area contributed by atoms with Crippen molar-refractivity contribution in [2.45, 2.75) is 32.2 Å². The predicted molar refractivity (Wildman–Crippen MR) is 70.9 cm³/mol. The first kappa shape index (κ1) is 15.1. The number of benzene rings is 1. The molecule has 0 unspecified atom stereocenters. The lowest BCUT2D eigenvalue weighted by Gasteiger charge is -2.04. The van der Waals surface area contributed by atoms with Gasteiger partial charge >= 0.3 is 5.97 Å². The molecule has 6 heteroatoms. The predicted octanol–water partition coefficient (Wildman–Crippen LogP) is 2.33. The number of unbranched alkanes of at least 4 members (excludes halogenated alkanes) is 2. The molecular formula is C13H18N2O4. The minimum atomic E-state index is -0.751. The second kappa shape index (κ2) is 8.20. The SMILES string of the molecule is O=C(O)CCCCCNCc1ccc([N+](=O)[O-])cc1. The van der Waals surface area contributed by atoms with Crippen LogP contribution in [0.2, 0.25) is 0 Å². The summed E-state index contributed by atoms with van der Waals surface area (Å²) in [6.07, 6.45) is 2.75. The van der Waals surface area contributed by atoms with Gasteiger partial charge in [0.2, 0.25) is 0 Å². The summed E-state index contributed by atoms with van der Waals surface area (Å²) in [5.74, 6) is -0.751. The third-order valence-electron chi connectivity index (χ3n) is 2.72. The fourth-order valence-corrected chi connectivity index (χ4v) is 1.67. The minimum absolute atomic E-state index is 0.0948. The Labute approximate surface area is 111 Å². The average Bonchev–Trinajstić information content (AvgIpc) is 2.38. The van der Waals surface area contributed by atoms with Crippen molar-refractivity contribution >= 4 is 11.7 Å². The molecule has 0 aliphatic carbocycles. The molecule has 0 atom stereocenters. The lowest BCUT2D eigenvalue weighted by atomic mass is 10.2. The molecule has 0 fully saturated rings. The van der Waals surface area contributed by atoms with Crippen molar-refractivity contribution in [2.24, 2.45) is 0 Å². The van der Waals surface area contributed by atoms with Crippen LogP contribution in [0.4, 0.5) is 5.69 Å². The Hall–Kier alpha value is -1.95. The highest BCUT2D eigenvalue weighted by Gasteiger charge is 2.03. The third kappa shape index (κ3) is 6.52. The second-order valence-corrected chi connectivity index (χ2v) is 4.30. The van der Waals surface area contributed by atoms with E-state index in [4.69, 9.17) is 5.11 Å². The van der Waals surface area contributed by atoms with E-state index in [0.717, 1.165) is 24.9 Å². The number of aliphatic carboxylic acids is 1. The van der Waals surface area contributed by atoms with Gasteiger partial charge in [0.1, 0.15) is 0 Å². The zero-order chi connectivity index (χ0) is 14.1. The van der Waals surface area contributed by atoms with Gasteiger partial charge in [-0.2, -0.15) is 0 Å². The molecule has 0 heterocycles. The van der Waals surface area contributed by atoms with Gasteiger partial charge in [-0.15, -0.1) is 0 Å². The summed E-state index contributed by atoms with van der Waals surface area (Å²) in [4.78, 5) is 20.3. The Morgan fingerprint density at radius 3 is 2.47 bits per heavy atom. The van der Waals surface area contributed by atoms with Gasteiger partial charge in [0, 0.05) is 25.1 Å². The van der Waals surface area contributed by atoms with Crippen molar-refractivity contribution in [2.75, 3.05) is 6.54 Å². The fraction of sp³-hybridized carbons (Fsp3) is 0.462. The van der Waals surface area contributed by atoms with Crippen LogP contribution in [0.15, 0.2) is 24.3 Å². The zero-order valence-corrected chi connectivity index (χ0v) is 10.7. The lowest BCUT2D eigenvalue weighted by molar-refractivity contribution is -0.384. The number of rotatable bonds is 9. The number of hydrogen-bond donors (Lipinski definition) is 2. The quantitative estimate of drug-likeness (QED) is 0.406. The van der Waals surface area contributed by atoms with E-state index in [9.17, 15) is 14.9 Å². The van der Waals surface area contributed by atoms with E-state index >= 15 is 0 Å². The number of nitro groups is 1. The molecular weight excluding hydrogens is 248 g/mol. The maximum Gasteiger partial charge on any atom is 0.303 e. The lowest BCUT2D eigenvalue weighted by Crippen LogP contribution is -2.14. The van der Waals surface area contributed by atoms with Crippen LogP contribution in [0.25, 0.3) is 0 Å². The number of non-ortho nitro benzene ring substituents is 1. The summed E-state index contributed by atoms with van der Waals surface area (Å²) < 4.78 is 0. The van der Waals surface area contributed by atoms with Gasteiger partial charge in [0.15, 0.2) is 0 Å². The molecule has 1 rings (SSSR count). The maximum absolute atomic E-state index is 10.5. The molecule has 0 saturated carbocycles. The van der Waals surface area contributed by atoms with Gasteiger partial charge in [0.05, 0.1) is 4.92 Å². The first-order chi connectivity index (χ1) is 9.09. The van der Waals surface area contributed by atoms with Crippen LogP contribution in [0.5, 0.6) is 0 Å².